The maximum absolute atomic E-state index is 13.7. The molecule has 2 aromatic heterocycles. The van der Waals surface area contributed by atoms with Gasteiger partial charge in [-0.05, 0) is 11.6 Å². The van der Waals surface area contributed by atoms with E-state index >= 15 is 0 Å². The van der Waals surface area contributed by atoms with Crippen molar-refractivity contribution in [3.8, 4) is 6.01 Å². The summed E-state index contributed by atoms with van der Waals surface area (Å²) in [5.74, 6) is -2.81. The second-order valence-electron chi connectivity index (χ2n) is 6.57. The van der Waals surface area contributed by atoms with Gasteiger partial charge in [-0.15, -0.1) is 5.10 Å². The van der Waals surface area contributed by atoms with Crippen LogP contribution in [0.4, 0.5) is 23.4 Å². The maximum atomic E-state index is 13.7. The molecule has 0 spiro atoms. The Hall–Kier alpha value is -2.69. The van der Waals surface area contributed by atoms with Crippen molar-refractivity contribution in [2.24, 2.45) is 0 Å². The minimum Gasteiger partial charge on any atom is -0.457 e. The number of hydrogen-bond acceptors (Lipinski definition) is 6. The summed E-state index contributed by atoms with van der Waals surface area (Å²) in [5, 5.41) is 8.55. The second-order valence-corrected chi connectivity index (χ2v) is 6.98. The van der Waals surface area contributed by atoms with Crippen molar-refractivity contribution >= 4 is 28.6 Å². The molecular formula is C17H15ClF4N6O. The fourth-order valence-electron chi connectivity index (χ4n) is 3.06. The van der Waals surface area contributed by atoms with Crippen LogP contribution in [0.15, 0.2) is 24.3 Å². The number of hydrogen-bond donors (Lipinski definition) is 0. The first-order valence-electron chi connectivity index (χ1n) is 8.71. The van der Waals surface area contributed by atoms with Crippen LogP contribution in [0.1, 0.15) is 12.0 Å². The van der Waals surface area contributed by atoms with E-state index in [1.54, 1.807) is 24.3 Å². The molecule has 0 N–H and O–H groups in total. The van der Waals surface area contributed by atoms with Crippen molar-refractivity contribution in [3.63, 3.8) is 0 Å². The van der Waals surface area contributed by atoms with Crippen LogP contribution in [0.25, 0.3) is 11.2 Å². The number of fused-ring (bicyclic) bond motifs is 1. The molecule has 7 nitrogen and oxygen atoms in total. The highest BCUT2D eigenvalue weighted by atomic mass is 35.5. The summed E-state index contributed by atoms with van der Waals surface area (Å²) < 4.78 is 58.8. The minimum atomic E-state index is -2.88. The highest BCUT2D eigenvalue weighted by Gasteiger charge is 2.40. The van der Waals surface area contributed by atoms with Gasteiger partial charge in [0.25, 0.3) is 12.3 Å². The van der Waals surface area contributed by atoms with E-state index in [1.807, 2.05) is 0 Å². The molecule has 29 heavy (non-hydrogen) atoms. The Kier molecular flexibility index (Phi) is 5.15. The third-order valence-electron chi connectivity index (χ3n) is 4.41. The molecule has 0 unspecified atom stereocenters. The number of ether oxygens (including phenoxy) is 1. The summed E-state index contributed by atoms with van der Waals surface area (Å²) in [6, 6.07) is 6.71. The smallest absolute Gasteiger partial charge is 0.320 e. The van der Waals surface area contributed by atoms with Gasteiger partial charge in [-0.2, -0.15) is 9.97 Å². The van der Waals surface area contributed by atoms with Gasteiger partial charge in [0.15, 0.2) is 23.6 Å². The highest BCUT2D eigenvalue weighted by Crippen LogP contribution is 2.33. The first-order valence-corrected chi connectivity index (χ1v) is 9.08. The number of anilines is 1. The van der Waals surface area contributed by atoms with E-state index in [0.29, 0.717) is 5.02 Å². The number of rotatable bonds is 6. The normalized spacial score (nSPS) is 16.1. The molecule has 0 atom stereocenters. The number of benzene rings is 1. The van der Waals surface area contributed by atoms with Gasteiger partial charge in [0.1, 0.15) is 0 Å². The molecule has 1 aliphatic heterocycles. The Morgan fingerprint density at radius 2 is 2.00 bits per heavy atom. The monoisotopic (exact) mass is 430 g/mol. The Balaban J connectivity index is 1.75. The lowest BCUT2D eigenvalue weighted by Gasteiger charge is -2.17. The van der Waals surface area contributed by atoms with E-state index in [0.717, 1.165) is 5.56 Å². The largest absolute Gasteiger partial charge is 0.457 e. The van der Waals surface area contributed by atoms with Crippen LogP contribution >= 0.6 is 11.6 Å². The molecule has 154 valence electrons. The van der Waals surface area contributed by atoms with Gasteiger partial charge in [-0.3, -0.25) is 0 Å². The summed E-state index contributed by atoms with van der Waals surface area (Å²) in [4.78, 5) is 9.48. The van der Waals surface area contributed by atoms with Gasteiger partial charge in [0.05, 0.1) is 13.1 Å². The van der Waals surface area contributed by atoms with Crippen molar-refractivity contribution in [1.29, 1.82) is 0 Å². The lowest BCUT2D eigenvalue weighted by Crippen LogP contribution is -2.26. The molecule has 1 saturated heterocycles. The summed E-state index contributed by atoms with van der Waals surface area (Å²) in [6.07, 6.45) is -3.08. The predicted molar refractivity (Wildman–Crippen MR) is 96.9 cm³/mol. The van der Waals surface area contributed by atoms with Crippen LogP contribution in [0, 0.1) is 0 Å². The number of alkyl halides is 4. The molecule has 3 aromatic rings. The molecule has 0 radical (unpaired) electrons. The van der Waals surface area contributed by atoms with Crippen molar-refractivity contribution in [2.45, 2.75) is 25.3 Å². The zero-order chi connectivity index (χ0) is 20.6. The van der Waals surface area contributed by atoms with E-state index in [1.165, 1.54) is 9.58 Å². The Morgan fingerprint density at radius 3 is 2.69 bits per heavy atom. The third kappa shape index (κ3) is 4.19. The summed E-state index contributed by atoms with van der Waals surface area (Å²) in [5.41, 5.74) is 1.08. The van der Waals surface area contributed by atoms with Crippen molar-refractivity contribution in [3.05, 3.63) is 34.9 Å². The predicted octanol–water partition coefficient (Wildman–Crippen LogP) is 3.41. The zero-order valence-corrected chi connectivity index (χ0v) is 15.7. The van der Waals surface area contributed by atoms with E-state index in [-0.39, 0.29) is 42.5 Å². The quantitative estimate of drug-likeness (QED) is 0.558. The van der Waals surface area contributed by atoms with Crippen molar-refractivity contribution in [2.75, 3.05) is 24.6 Å². The van der Waals surface area contributed by atoms with E-state index in [9.17, 15) is 17.6 Å². The molecule has 0 amide bonds. The van der Waals surface area contributed by atoms with Crippen LogP contribution in [-0.2, 0) is 6.54 Å². The Labute approximate surface area is 167 Å². The van der Waals surface area contributed by atoms with E-state index < -0.39 is 25.5 Å². The molecule has 4 rings (SSSR count). The molecule has 0 aliphatic carbocycles. The SMILES string of the molecule is FC(F)COc1nc(N2CCC(F)(F)C2)c2nnn(Cc3ccccc3Cl)c2n1. The summed E-state index contributed by atoms with van der Waals surface area (Å²) in [6.45, 7) is -1.26. The standard InChI is InChI=1S/C17H15ClF4N6O/c18-11-4-2-1-3-10(11)7-28-15-13(25-26-28)14(27-6-5-17(21,22)9-27)23-16(24-15)29-8-12(19)20/h1-4,12H,5-9H2. The van der Waals surface area contributed by atoms with Crippen molar-refractivity contribution in [1.82, 2.24) is 25.0 Å². The highest BCUT2D eigenvalue weighted by molar-refractivity contribution is 6.31. The van der Waals surface area contributed by atoms with Gasteiger partial charge in [0, 0.05) is 18.0 Å². The molecule has 1 aliphatic rings. The van der Waals surface area contributed by atoms with Crippen LogP contribution in [0.2, 0.25) is 5.02 Å². The van der Waals surface area contributed by atoms with Crippen LogP contribution < -0.4 is 9.64 Å². The minimum absolute atomic E-state index is 0.0325. The van der Waals surface area contributed by atoms with Crippen LogP contribution in [0.3, 0.4) is 0 Å². The van der Waals surface area contributed by atoms with Crippen LogP contribution in [0.5, 0.6) is 6.01 Å². The van der Waals surface area contributed by atoms with Crippen LogP contribution in [-0.4, -0.2) is 57.0 Å². The Bertz CT molecular complexity index is 1030. The van der Waals surface area contributed by atoms with Crippen molar-refractivity contribution < 1.29 is 22.3 Å². The topological polar surface area (TPSA) is 69.0 Å². The van der Waals surface area contributed by atoms with Gasteiger partial charge < -0.3 is 9.64 Å². The molecule has 0 bridgehead atoms. The first kappa shape index (κ1) is 19.6. The molecular weight excluding hydrogens is 416 g/mol. The zero-order valence-electron chi connectivity index (χ0n) is 14.9. The maximum Gasteiger partial charge on any atom is 0.320 e. The van der Waals surface area contributed by atoms with E-state index in [4.69, 9.17) is 16.3 Å². The number of nitrogens with zero attached hydrogens (tertiary/aromatic N) is 6. The number of halogens is 5. The molecule has 1 aromatic carbocycles. The molecule has 12 heteroatoms. The Morgan fingerprint density at radius 1 is 1.21 bits per heavy atom. The van der Waals surface area contributed by atoms with Gasteiger partial charge in [0.2, 0.25) is 0 Å². The molecule has 0 saturated carbocycles. The summed E-state index contributed by atoms with van der Waals surface area (Å²) in [7, 11) is 0. The third-order valence-corrected chi connectivity index (χ3v) is 4.78. The fraction of sp³-hybridized carbons (Fsp3) is 0.412. The lowest BCUT2D eigenvalue weighted by atomic mass is 10.2. The van der Waals surface area contributed by atoms with Gasteiger partial charge >= 0.3 is 6.01 Å². The number of aromatic nitrogens is 5. The lowest BCUT2D eigenvalue weighted by molar-refractivity contribution is 0.0257. The first-order chi connectivity index (χ1) is 13.8. The summed E-state index contributed by atoms with van der Waals surface area (Å²) >= 11 is 6.18. The average Bonchev–Trinajstić information content (AvgIpc) is 3.24. The molecule has 1 fully saturated rings. The fourth-order valence-corrected chi connectivity index (χ4v) is 3.25. The van der Waals surface area contributed by atoms with E-state index in [2.05, 4.69) is 20.3 Å². The average molecular weight is 431 g/mol. The molecule has 3 heterocycles. The van der Waals surface area contributed by atoms with Gasteiger partial charge in [-0.25, -0.2) is 22.2 Å². The second kappa shape index (κ2) is 7.62. The van der Waals surface area contributed by atoms with Gasteiger partial charge in [-0.1, -0.05) is 35.0 Å².